The van der Waals surface area contributed by atoms with E-state index >= 15 is 0 Å². The van der Waals surface area contributed by atoms with Crippen molar-refractivity contribution in [1.82, 2.24) is 15.5 Å². The fourth-order valence-electron chi connectivity index (χ4n) is 1.74. The maximum atomic E-state index is 5.99. The lowest BCUT2D eigenvalue weighted by Crippen LogP contribution is -2.15. The molecule has 0 radical (unpaired) electrons. The van der Waals surface area contributed by atoms with Gasteiger partial charge in [0.2, 0.25) is 11.8 Å². The van der Waals surface area contributed by atoms with Crippen LogP contribution in [-0.2, 0) is 6.54 Å². The summed E-state index contributed by atoms with van der Waals surface area (Å²) in [5.41, 5.74) is 1.91. The summed E-state index contributed by atoms with van der Waals surface area (Å²) in [5, 5.41) is 12.2. The van der Waals surface area contributed by atoms with Gasteiger partial charge in [-0.1, -0.05) is 11.6 Å². The van der Waals surface area contributed by atoms with Crippen molar-refractivity contribution in [2.45, 2.75) is 32.4 Å². The highest BCUT2D eigenvalue weighted by atomic mass is 35.5. The van der Waals surface area contributed by atoms with Crippen LogP contribution in [0.3, 0.4) is 0 Å². The summed E-state index contributed by atoms with van der Waals surface area (Å²) in [7, 11) is 0. The molecule has 2 aromatic rings. The number of nitrogens with one attached hydrogen (secondary N) is 1. The van der Waals surface area contributed by atoms with Crippen molar-refractivity contribution in [2.24, 2.45) is 0 Å². The van der Waals surface area contributed by atoms with E-state index < -0.39 is 0 Å². The molecule has 1 fully saturated rings. The van der Waals surface area contributed by atoms with Gasteiger partial charge in [-0.3, -0.25) is 0 Å². The minimum atomic E-state index is 0.544. The van der Waals surface area contributed by atoms with Gasteiger partial charge in [-0.2, -0.15) is 0 Å². The summed E-state index contributed by atoms with van der Waals surface area (Å²) in [5.74, 6) is 1.17. The molecular formula is C13H14ClN3O. The van der Waals surface area contributed by atoms with Crippen LogP contribution in [0.4, 0.5) is 0 Å². The van der Waals surface area contributed by atoms with Gasteiger partial charge in [0.25, 0.3) is 0 Å². The van der Waals surface area contributed by atoms with E-state index in [2.05, 4.69) is 15.5 Å². The van der Waals surface area contributed by atoms with Crippen molar-refractivity contribution in [2.75, 3.05) is 0 Å². The third-order valence-corrected chi connectivity index (χ3v) is 3.42. The zero-order valence-electron chi connectivity index (χ0n) is 10.1. The van der Waals surface area contributed by atoms with E-state index in [-0.39, 0.29) is 0 Å². The van der Waals surface area contributed by atoms with Gasteiger partial charge in [-0.05, 0) is 43.5 Å². The number of nitrogens with zero attached hydrogens (tertiary/aromatic N) is 2. The van der Waals surface area contributed by atoms with Crippen LogP contribution >= 0.6 is 11.6 Å². The topological polar surface area (TPSA) is 51.0 Å². The molecule has 4 nitrogen and oxygen atoms in total. The summed E-state index contributed by atoms with van der Waals surface area (Å²) in [4.78, 5) is 0. The van der Waals surface area contributed by atoms with Crippen LogP contribution in [0.2, 0.25) is 5.02 Å². The van der Waals surface area contributed by atoms with Crippen LogP contribution in [0.1, 0.15) is 24.3 Å². The predicted molar refractivity (Wildman–Crippen MR) is 69.3 cm³/mol. The Morgan fingerprint density at radius 3 is 2.94 bits per heavy atom. The van der Waals surface area contributed by atoms with E-state index in [1.807, 2.05) is 25.1 Å². The molecule has 5 heteroatoms. The lowest BCUT2D eigenvalue weighted by molar-refractivity contribution is 0.476. The molecule has 0 saturated heterocycles. The molecule has 94 valence electrons. The maximum Gasteiger partial charge on any atom is 0.247 e. The second-order valence-electron chi connectivity index (χ2n) is 4.62. The van der Waals surface area contributed by atoms with E-state index in [9.17, 15) is 0 Å². The van der Waals surface area contributed by atoms with Crippen LogP contribution in [0.15, 0.2) is 22.6 Å². The first-order valence-corrected chi connectivity index (χ1v) is 6.42. The quantitative estimate of drug-likeness (QED) is 0.921. The smallest absolute Gasteiger partial charge is 0.247 e. The fraction of sp³-hybridized carbons (Fsp3) is 0.385. The third kappa shape index (κ3) is 2.54. The third-order valence-electron chi connectivity index (χ3n) is 2.99. The summed E-state index contributed by atoms with van der Waals surface area (Å²) in [6.07, 6.45) is 2.49. The van der Waals surface area contributed by atoms with Crippen LogP contribution in [0, 0.1) is 6.92 Å². The Kier molecular flexibility index (Phi) is 3.06. The van der Waals surface area contributed by atoms with Gasteiger partial charge >= 0.3 is 0 Å². The van der Waals surface area contributed by atoms with Crippen molar-refractivity contribution in [3.8, 4) is 11.5 Å². The van der Waals surface area contributed by atoms with Crippen molar-refractivity contribution in [3.05, 3.63) is 34.7 Å². The second kappa shape index (κ2) is 4.71. The zero-order chi connectivity index (χ0) is 12.5. The molecule has 1 saturated carbocycles. The first-order valence-electron chi connectivity index (χ1n) is 6.04. The summed E-state index contributed by atoms with van der Waals surface area (Å²) < 4.78 is 5.61. The van der Waals surface area contributed by atoms with Crippen LogP contribution in [0.5, 0.6) is 0 Å². The van der Waals surface area contributed by atoms with E-state index in [0.717, 1.165) is 16.1 Å². The van der Waals surface area contributed by atoms with Crippen molar-refractivity contribution >= 4 is 11.6 Å². The predicted octanol–water partition coefficient (Wildman–Crippen LogP) is 2.95. The van der Waals surface area contributed by atoms with Crippen LogP contribution in [0.25, 0.3) is 11.5 Å². The standard InChI is InChI=1S/C13H14ClN3O/c1-8-6-9(2-5-11(8)14)13-17-16-12(18-13)7-15-10-3-4-10/h2,5-6,10,15H,3-4,7H2,1H3. The average molecular weight is 264 g/mol. The van der Waals surface area contributed by atoms with E-state index in [1.54, 1.807) is 0 Å². The molecule has 0 atom stereocenters. The lowest BCUT2D eigenvalue weighted by atomic mass is 10.1. The van der Waals surface area contributed by atoms with Gasteiger partial charge in [-0.25, -0.2) is 0 Å². The fourth-order valence-corrected chi connectivity index (χ4v) is 1.86. The molecule has 0 unspecified atom stereocenters. The number of aromatic nitrogens is 2. The first-order chi connectivity index (χ1) is 8.72. The lowest BCUT2D eigenvalue weighted by Gasteiger charge is -1.99. The number of rotatable bonds is 4. The summed E-state index contributed by atoms with van der Waals surface area (Å²) in [6, 6.07) is 6.33. The molecule has 1 N–H and O–H groups in total. The maximum absolute atomic E-state index is 5.99. The SMILES string of the molecule is Cc1cc(-c2nnc(CNC3CC3)o2)ccc1Cl. The monoisotopic (exact) mass is 263 g/mol. The Hall–Kier alpha value is -1.39. The summed E-state index contributed by atoms with van der Waals surface area (Å²) in [6.45, 7) is 2.60. The molecule has 0 bridgehead atoms. The average Bonchev–Trinajstić information content (AvgIpc) is 3.08. The van der Waals surface area contributed by atoms with Gasteiger partial charge in [0.05, 0.1) is 6.54 Å². The number of benzene rings is 1. The molecule has 1 aliphatic rings. The van der Waals surface area contributed by atoms with E-state index in [0.29, 0.717) is 24.4 Å². The number of hydrogen-bond acceptors (Lipinski definition) is 4. The highest BCUT2D eigenvalue weighted by Crippen LogP contribution is 2.24. The molecule has 1 aliphatic carbocycles. The van der Waals surface area contributed by atoms with Crippen molar-refractivity contribution < 1.29 is 4.42 Å². The first kappa shape index (κ1) is 11.7. The van der Waals surface area contributed by atoms with E-state index in [1.165, 1.54) is 12.8 Å². The molecule has 3 rings (SSSR count). The van der Waals surface area contributed by atoms with Crippen molar-refractivity contribution in [1.29, 1.82) is 0 Å². The largest absolute Gasteiger partial charge is 0.419 e. The molecule has 0 aliphatic heterocycles. The van der Waals surface area contributed by atoms with Gasteiger partial charge in [0.15, 0.2) is 0 Å². The Bertz CT molecular complexity index is 563. The number of halogens is 1. The Morgan fingerprint density at radius 1 is 1.39 bits per heavy atom. The molecular weight excluding hydrogens is 250 g/mol. The highest BCUT2D eigenvalue weighted by molar-refractivity contribution is 6.31. The second-order valence-corrected chi connectivity index (χ2v) is 5.03. The minimum absolute atomic E-state index is 0.544. The number of hydrogen-bond donors (Lipinski definition) is 1. The van der Waals surface area contributed by atoms with Gasteiger partial charge in [0, 0.05) is 16.6 Å². The zero-order valence-corrected chi connectivity index (χ0v) is 10.9. The Balaban J connectivity index is 1.76. The normalized spacial score (nSPS) is 15.0. The van der Waals surface area contributed by atoms with Gasteiger partial charge < -0.3 is 9.73 Å². The van der Waals surface area contributed by atoms with Crippen LogP contribution in [-0.4, -0.2) is 16.2 Å². The molecule has 18 heavy (non-hydrogen) atoms. The Labute approximate surface area is 110 Å². The molecule has 1 aromatic heterocycles. The molecule has 1 aromatic carbocycles. The van der Waals surface area contributed by atoms with Gasteiger partial charge in [-0.15, -0.1) is 10.2 Å². The van der Waals surface area contributed by atoms with E-state index in [4.69, 9.17) is 16.0 Å². The van der Waals surface area contributed by atoms with Crippen LogP contribution < -0.4 is 5.32 Å². The number of aryl methyl sites for hydroxylation is 1. The Morgan fingerprint density at radius 2 is 2.22 bits per heavy atom. The summed E-state index contributed by atoms with van der Waals surface area (Å²) >= 11 is 5.99. The molecule has 0 amide bonds. The molecule has 0 spiro atoms. The highest BCUT2D eigenvalue weighted by Gasteiger charge is 2.21. The van der Waals surface area contributed by atoms with Crippen molar-refractivity contribution in [3.63, 3.8) is 0 Å². The van der Waals surface area contributed by atoms with Gasteiger partial charge in [0.1, 0.15) is 0 Å². The molecule has 1 heterocycles. The minimum Gasteiger partial charge on any atom is -0.419 e.